The fraction of sp³-hybridized carbons (Fsp3) is 0.200. The Hall–Kier alpha value is -3.28. The number of nitrogens with one attached hydrogen (secondary N) is 1. The number of nitrogens with zero attached hydrogens (tertiary/aromatic N) is 1. The zero-order chi connectivity index (χ0) is 18.5. The summed E-state index contributed by atoms with van der Waals surface area (Å²) in [5, 5.41) is 2.56. The van der Waals surface area contributed by atoms with Crippen LogP contribution < -0.4 is 19.7 Å². The fourth-order valence-corrected chi connectivity index (χ4v) is 2.74. The maximum atomic E-state index is 12.8. The van der Waals surface area contributed by atoms with Crippen molar-refractivity contribution in [3.63, 3.8) is 0 Å². The third kappa shape index (κ3) is 3.69. The molecule has 1 N–H and O–H groups in total. The molecule has 2 aromatic carbocycles. The van der Waals surface area contributed by atoms with Gasteiger partial charge in [0.2, 0.25) is 0 Å². The quantitative estimate of drug-likeness (QED) is 0.857. The molecule has 134 valence electrons. The zero-order valence-electron chi connectivity index (χ0n) is 14.6. The molecule has 0 radical (unpaired) electrons. The number of ether oxygens (including phenoxy) is 2. The maximum absolute atomic E-state index is 12.8. The number of carbonyl (C=O) groups is 2. The molecule has 1 unspecified atom stereocenters. The lowest BCUT2D eigenvalue weighted by molar-refractivity contribution is -0.127. The van der Waals surface area contributed by atoms with E-state index in [-0.39, 0.29) is 18.4 Å². The van der Waals surface area contributed by atoms with Crippen molar-refractivity contribution in [3.05, 3.63) is 60.2 Å². The van der Waals surface area contributed by atoms with Crippen LogP contribution in [0.4, 0.5) is 5.69 Å². The maximum Gasteiger partial charge on any atom is 0.262 e. The van der Waals surface area contributed by atoms with Crippen LogP contribution in [0.25, 0.3) is 6.08 Å². The Balaban J connectivity index is 1.85. The predicted octanol–water partition coefficient (Wildman–Crippen LogP) is 2.25. The van der Waals surface area contributed by atoms with E-state index >= 15 is 0 Å². The van der Waals surface area contributed by atoms with Gasteiger partial charge in [-0.05, 0) is 35.9 Å². The summed E-state index contributed by atoms with van der Waals surface area (Å²) in [6.45, 7) is 0.151. The molecule has 0 aromatic heterocycles. The van der Waals surface area contributed by atoms with Gasteiger partial charge < -0.3 is 19.7 Å². The Bertz CT molecular complexity index is 847. The van der Waals surface area contributed by atoms with Gasteiger partial charge in [0, 0.05) is 13.1 Å². The van der Waals surface area contributed by atoms with Gasteiger partial charge in [0.15, 0.2) is 6.10 Å². The third-order valence-corrected chi connectivity index (χ3v) is 4.09. The van der Waals surface area contributed by atoms with E-state index in [1.165, 1.54) is 6.08 Å². The molecule has 1 aliphatic rings. The van der Waals surface area contributed by atoms with Gasteiger partial charge in [0.05, 0.1) is 19.3 Å². The summed E-state index contributed by atoms with van der Waals surface area (Å²) in [5.41, 5.74) is 1.50. The molecule has 0 aliphatic carbocycles. The molecule has 0 bridgehead atoms. The van der Waals surface area contributed by atoms with Crippen LogP contribution >= 0.6 is 0 Å². The standard InChI is InChI=1S/C20H20N2O4/c1-21-20(24)18-13-22(16-8-3-4-9-17(16)26-18)19(23)11-10-14-6-5-7-15(12-14)25-2/h3-12,18H,13H2,1-2H3,(H,21,24)/b11-10+. The van der Waals surface area contributed by atoms with Crippen LogP contribution in [-0.4, -0.2) is 38.6 Å². The topological polar surface area (TPSA) is 67.9 Å². The first-order valence-electron chi connectivity index (χ1n) is 8.23. The van der Waals surface area contributed by atoms with Gasteiger partial charge >= 0.3 is 0 Å². The second kappa shape index (κ2) is 7.74. The molecule has 1 atom stereocenters. The Morgan fingerprint density at radius 1 is 1.23 bits per heavy atom. The van der Waals surface area contributed by atoms with E-state index in [9.17, 15) is 9.59 Å². The van der Waals surface area contributed by atoms with E-state index < -0.39 is 6.10 Å². The molecule has 2 aromatic rings. The van der Waals surface area contributed by atoms with E-state index in [0.29, 0.717) is 11.4 Å². The van der Waals surface area contributed by atoms with Gasteiger partial charge in [-0.3, -0.25) is 9.59 Å². The molecule has 1 heterocycles. The number of hydrogen-bond donors (Lipinski definition) is 1. The number of anilines is 1. The number of amides is 2. The number of rotatable bonds is 4. The van der Waals surface area contributed by atoms with E-state index in [2.05, 4.69) is 5.32 Å². The van der Waals surface area contributed by atoms with Gasteiger partial charge in [-0.2, -0.15) is 0 Å². The average Bonchev–Trinajstić information content (AvgIpc) is 2.70. The lowest BCUT2D eigenvalue weighted by Crippen LogP contribution is -2.49. The van der Waals surface area contributed by atoms with Gasteiger partial charge in [-0.1, -0.05) is 24.3 Å². The van der Waals surface area contributed by atoms with Crippen molar-refractivity contribution in [3.8, 4) is 11.5 Å². The SMILES string of the molecule is CNC(=O)C1CN(C(=O)/C=C/c2cccc(OC)c2)c2ccccc2O1. The van der Waals surface area contributed by atoms with E-state index in [0.717, 1.165) is 11.3 Å². The first-order valence-corrected chi connectivity index (χ1v) is 8.23. The summed E-state index contributed by atoms with van der Waals surface area (Å²) in [5.74, 6) is 0.734. The number of para-hydroxylation sites is 2. The Kier molecular flexibility index (Phi) is 5.22. The van der Waals surface area contributed by atoms with Crippen molar-refractivity contribution < 1.29 is 19.1 Å². The molecule has 0 saturated carbocycles. The van der Waals surface area contributed by atoms with Crippen LogP contribution in [0.3, 0.4) is 0 Å². The average molecular weight is 352 g/mol. The van der Waals surface area contributed by atoms with E-state index in [4.69, 9.17) is 9.47 Å². The number of benzene rings is 2. The first kappa shape index (κ1) is 17.5. The fourth-order valence-electron chi connectivity index (χ4n) is 2.74. The molecule has 26 heavy (non-hydrogen) atoms. The molecule has 0 spiro atoms. The summed E-state index contributed by atoms with van der Waals surface area (Å²) in [6, 6.07) is 14.6. The van der Waals surface area contributed by atoms with Crippen molar-refractivity contribution in [2.75, 3.05) is 25.6 Å². The minimum Gasteiger partial charge on any atom is -0.497 e. The van der Waals surface area contributed by atoms with E-state index in [1.54, 1.807) is 43.3 Å². The molecule has 2 amide bonds. The number of carbonyl (C=O) groups excluding carboxylic acids is 2. The van der Waals surface area contributed by atoms with Crippen LogP contribution in [0.5, 0.6) is 11.5 Å². The number of methoxy groups -OCH3 is 1. The van der Waals surface area contributed by atoms with Crippen molar-refractivity contribution in [2.24, 2.45) is 0 Å². The van der Waals surface area contributed by atoms with Crippen molar-refractivity contribution >= 4 is 23.6 Å². The highest BCUT2D eigenvalue weighted by atomic mass is 16.5. The van der Waals surface area contributed by atoms with Crippen LogP contribution in [0.15, 0.2) is 54.6 Å². The molecule has 1 aliphatic heterocycles. The summed E-state index contributed by atoms with van der Waals surface area (Å²) < 4.78 is 10.9. The lowest BCUT2D eigenvalue weighted by atomic mass is 10.1. The van der Waals surface area contributed by atoms with Crippen LogP contribution in [0.2, 0.25) is 0 Å². The number of hydrogen-bond acceptors (Lipinski definition) is 4. The van der Waals surface area contributed by atoms with Crippen LogP contribution in [0, 0.1) is 0 Å². The summed E-state index contributed by atoms with van der Waals surface area (Å²) in [7, 11) is 3.14. The summed E-state index contributed by atoms with van der Waals surface area (Å²) in [4.78, 5) is 26.3. The summed E-state index contributed by atoms with van der Waals surface area (Å²) >= 11 is 0. The monoisotopic (exact) mass is 352 g/mol. The Morgan fingerprint density at radius 3 is 2.81 bits per heavy atom. The molecular formula is C20H20N2O4. The van der Waals surface area contributed by atoms with Crippen molar-refractivity contribution in [1.82, 2.24) is 5.32 Å². The normalized spacial score (nSPS) is 15.9. The predicted molar refractivity (Wildman–Crippen MR) is 99.3 cm³/mol. The Morgan fingerprint density at radius 2 is 2.04 bits per heavy atom. The highest BCUT2D eigenvalue weighted by Gasteiger charge is 2.32. The molecule has 0 saturated heterocycles. The van der Waals surface area contributed by atoms with Crippen LogP contribution in [0.1, 0.15) is 5.56 Å². The van der Waals surface area contributed by atoms with Crippen LogP contribution in [-0.2, 0) is 9.59 Å². The second-order valence-electron chi connectivity index (χ2n) is 5.75. The summed E-state index contributed by atoms with van der Waals surface area (Å²) in [6.07, 6.45) is 2.46. The molecule has 0 fully saturated rings. The minimum absolute atomic E-state index is 0.151. The second-order valence-corrected chi connectivity index (χ2v) is 5.75. The highest BCUT2D eigenvalue weighted by Crippen LogP contribution is 2.33. The Labute approximate surface area is 152 Å². The zero-order valence-corrected chi connectivity index (χ0v) is 14.6. The van der Waals surface area contributed by atoms with Gasteiger partial charge in [0.1, 0.15) is 11.5 Å². The number of fused-ring (bicyclic) bond motifs is 1. The molecular weight excluding hydrogens is 332 g/mol. The highest BCUT2D eigenvalue weighted by molar-refractivity contribution is 6.05. The third-order valence-electron chi connectivity index (χ3n) is 4.09. The molecule has 6 nitrogen and oxygen atoms in total. The molecule has 3 rings (SSSR count). The number of likely N-dealkylation sites (N-methyl/N-ethyl adjacent to an activating group) is 1. The minimum atomic E-state index is -0.746. The van der Waals surface area contributed by atoms with Gasteiger partial charge in [-0.15, -0.1) is 0 Å². The largest absolute Gasteiger partial charge is 0.497 e. The van der Waals surface area contributed by atoms with Crippen molar-refractivity contribution in [2.45, 2.75) is 6.10 Å². The van der Waals surface area contributed by atoms with Gasteiger partial charge in [0.25, 0.3) is 11.8 Å². The lowest BCUT2D eigenvalue weighted by Gasteiger charge is -2.33. The molecule has 6 heteroatoms. The smallest absolute Gasteiger partial charge is 0.262 e. The van der Waals surface area contributed by atoms with E-state index in [1.807, 2.05) is 30.3 Å². The van der Waals surface area contributed by atoms with Gasteiger partial charge in [-0.25, -0.2) is 0 Å². The van der Waals surface area contributed by atoms with Crippen molar-refractivity contribution in [1.29, 1.82) is 0 Å². The first-order chi connectivity index (χ1) is 12.6.